The summed E-state index contributed by atoms with van der Waals surface area (Å²) in [6, 6.07) is 0. The van der Waals surface area contributed by atoms with Crippen molar-refractivity contribution in [2.75, 3.05) is 0 Å². The molecule has 0 aromatic carbocycles. The van der Waals surface area contributed by atoms with Gasteiger partial charge in [0.2, 0.25) is 0 Å². The third-order valence-electron chi connectivity index (χ3n) is 0.761. The van der Waals surface area contributed by atoms with Crippen molar-refractivity contribution in [3.8, 4) is 0 Å². The van der Waals surface area contributed by atoms with Gasteiger partial charge in [0.05, 0.1) is 0 Å². The van der Waals surface area contributed by atoms with E-state index in [-0.39, 0.29) is 0 Å². The Morgan fingerprint density at radius 3 is 2.67 bits per heavy atom. The summed E-state index contributed by atoms with van der Waals surface area (Å²) in [5.74, 6) is 0.307. The molecule has 0 saturated carbocycles. The van der Waals surface area contributed by atoms with Crippen molar-refractivity contribution < 1.29 is 0 Å². The Labute approximate surface area is 70.4 Å². The minimum Gasteiger partial charge on any atom is -0.361 e. The van der Waals surface area contributed by atoms with Crippen LogP contribution in [0, 0.1) is 10.3 Å². The molecule has 1 N–H and O–H groups in total. The van der Waals surface area contributed by atoms with E-state index < -0.39 is 0 Å². The molecular formula is C4HClIN3. The van der Waals surface area contributed by atoms with Gasteiger partial charge in [-0.25, -0.2) is 5.10 Å². The molecule has 46 valence electrons. The maximum atomic E-state index is 6.56. The molecule has 0 aliphatic rings. The quantitative estimate of drug-likeness (QED) is 0.558. The Kier molecular flexibility index (Phi) is 1.93. The van der Waals surface area contributed by atoms with E-state index in [9.17, 15) is 0 Å². The van der Waals surface area contributed by atoms with Gasteiger partial charge in [0.25, 0.3) is 5.82 Å². The zero-order valence-corrected chi connectivity index (χ0v) is 7.06. The van der Waals surface area contributed by atoms with Crippen LogP contribution < -0.4 is 0 Å². The van der Waals surface area contributed by atoms with Gasteiger partial charge in [0.1, 0.15) is 5.02 Å². The van der Waals surface area contributed by atoms with E-state index >= 15 is 0 Å². The molecule has 0 saturated heterocycles. The Morgan fingerprint density at radius 2 is 2.44 bits per heavy atom. The number of rotatable bonds is 0. The summed E-state index contributed by atoms with van der Waals surface area (Å²) >= 11 is 7.54. The van der Waals surface area contributed by atoms with Crippen LogP contribution in [-0.4, -0.2) is 10.2 Å². The number of aromatic nitrogens is 2. The Morgan fingerprint density at radius 1 is 1.78 bits per heavy atom. The second-order valence-corrected chi connectivity index (χ2v) is 2.69. The standard InChI is InChI=1S/C4HClIN3/c1-7-4-2(5)3(6)8-9-4/h(H,8,9). The molecule has 0 spiro atoms. The highest BCUT2D eigenvalue weighted by Crippen LogP contribution is 2.25. The molecule has 0 atom stereocenters. The minimum atomic E-state index is 0.307. The first-order valence-electron chi connectivity index (χ1n) is 2.02. The van der Waals surface area contributed by atoms with E-state index in [2.05, 4.69) is 15.0 Å². The average Bonchev–Trinajstić information content (AvgIpc) is 2.15. The molecule has 0 unspecified atom stereocenters. The molecule has 0 aliphatic carbocycles. The van der Waals surface area contributed by atoms with Gasteiger partial charge < -0.3 is 4.85 Å². The van der Waals surface area contributed by atoms with E-state index in [0.717, 1.165) is 0 Å². The van der Waals surface area contributed by atoms with Crippen molar-refractivity contribution in [3.05, 3.63) is 20.1 Å². The smallest absolute Gasteiger partial charge is 0.269 e. The Bertz CT molecular complexity index is 261. The molecule has 0 radical (unpaired) electrons. The van der Waals surface area contributed by atoms with Gasteiger partial charge in [-0.1, -0.05) is 23.3 Å². The maximum Gasteiger partial charge on any atom is 0.269 e. The molecule has 1 aromatic rings. The minimum absolute atomic E-state index is 0.307. The third kappa shape index (κ3) is 1.17. The van der Waals surface area contributed by atoms with Crippen molar-refractivity contribution in [1.82, 2.24) is 10.2 Å². The Hall–Kier alpha value is -0.280. The van der Waals surface area contributed by atoms with Gasteiger partial charge in [-0.3, -0.25) is 0 Å². The highest BCUT2D eigenvalue weighted by Gasteiger charge is 2.06. The number of aromatic amines is 1. The summed E-state index contributed by atoms with van der Waals surface area (Å²) in [7, 11) is 0. The lowest BCUT2D eigenvalue weighted by molar-refractivity contribution is 1.08. The summed E-state index contributed by atoms with van der Waals surface area (Å²) in [6.07, 6.45) is 0. The summed E-state index contributed by atoms with van der Waals surface area (Å²) in [5.41, 5.74) is 0. The molecule has 9 heavy (non-hydrogen) atoms. The molecule has 0 fully saturated rings. The van der Waals surface area contributed by atoms with Crippen LogP contribution in [0.25, 0.3) is 4.85 Å². The second-order valence-electron chi connectivity index (χ2n) is 1.29. The number of hydrogen-bond donors (Lipinski definition) is 1. The van der Waals surface area contributed by atoms with Crippen molar-refractivity contribution >= 4 is 40.0 Å². The van der Waals surface area contributed by atoms with E-state index in [0.29, 0.717) is 14.5 Å². The first kappa shape index (κ1) is 6.83. The SMILES string of the molecule is [C-]#[N+]c1[nH]nc(I)c1Cl. The van der Waals surface area contributed by atoms with E-state index in [1.54, 1.807) is 0 Å². The molecule has 1 aromatic heterocycles. The number of H-pyrrole nitrogens is 1. The molecule has 3 nitrogen and oxygen atoms in total. The number of nitrogens with zero attached hydrogens (tertiary/aromatic N) is 2. The van der Waals surface area contributed by atoms with Crippen LogP contribution in [0.5, 0.6) is 0 Å². The molecule has 5 heteroatoms. The van der Waals surface area contributed by atoms with Gasteiger partial charge in [0, 0.05) is 0 Å². The molecule has 0 aliphatic heterocycles. The summed E-state index contributed by atoms with van der Waals surface area (Å²) < 4.78 is 0.639. The largest absolute Gasteiger partial charge is 0.361 e. The molecule has 1 heterocycles. The monoisotopic (exact) mass is 253 g/mol. The fraction of sp³-hybridized carbons (Fsp3) is 0. The predicted molar refractivity (Wildman–Crippen MR) is 42.6 cm³/mol. The van der Waals surface area contributed by atoms with Crippen molar-refractivity contribution in [3.63, 3.8) is 0 Å². The highest BCUT2D eigenvalue weighted by atomic mass is 127. The fourth-order valence-electron chi connectivity index (χ4n) is 0.372. The van der Waals surface area contributed by atoms with Crippen molar-refractivity contribution in [2.24, 2.45) is 0 Å². The van der Waals surface area contributed by atoms with Crippen LogP contribution in [0.4, 0.5) is 5.82 Å². The normalized spacial score (nSPS) is 9.00. The molecule has 0 amide bonds. The van der Waals surface area contributed by atoms with Gasteiger partial charge in [-0.05, 0) is 22.6 Å². The lowest BCUT2D eigenvalue weighted by atomic mass is 10.7. The summed E-state index contributed by atoms with van der Waals surface area (Å²) in [6.45, 7) is 6.56. The lowest BCUT2D eigenvalue weighted by Crippen LogP contribution is -1.65. The van der Waals surface area contributed by atoms with Gasteiger partial charge in [0.15, 0.2) is 3.70 Å². The second kappa shape index (κ2) is 2.54. The van der Waals surface area contributed by atoms with Crippen LogP contribution in [0.15, 0.2) is 0 Å². The summed E-state index contributed by atoms with van der Waals surface area (Å²) in [4.78, 5) is 3.09. The Balaban J connectivity index is 3.24. The van der Waals surface area contributed by atoms with Crippen LogP contribution in [0.2, 0.25) is 5.02 Å². The third-order valence-corrected chi connectivity index (χ3v) is 2.22. The van der Waals surface area contributed by atoms with Gasteiger partial charge >= 0.3 is 0 Å². The van der Waals surface area contributed by atoms with Crippen molar-refractivity contribution in [1.29, 1.82) is 0 Å². The topological polar surface area (TPSA) is 33.0 Å². The zero-order chi connectivity index (χ0) is 6.85. The van der Waals surface area contributed by atoms with Crippen LogP contribution in [0.1, 0.15) is 0 Å². The van der Waals surface area contributed by atoms with Crippen LogP contribution in [0.3, 0.4) is 0 Å². The van der Waals surface area contributed by atoms with Gasteiger partial charge in [-0.15, -0.1) is 0 Å². The molecular weight excluding hydrogens is 252 g/mol. The first-order valence-corrected chi connectivity index (χ1v) is 3.48. The summed E-state index contributed by atoms with van der Waals surface area (Å²) in [5, 5.41) is 6.59. The number of halogens is 2. The first-order chi connectivity index (χ1) is 4.25. The lowest BCUT2D eigenvalue weighted by Gasteiger charge is -1.79. The fourth-order valence-corrected chi connectivity index (χ4v) is 0.875. The predicted octanol–water partition coefficient (Wildman–Crippen LogP) is 2.22. The zero-order valence-electron chi connectivity index (χ0n) is 4.15. The van der Waals surface area contributed by atoms with E-state index in [4.69, 9.17) is 18.2 Å². The molecule has 0 bridgehead atoms. The maximum absolute atomic E-state index is 6.56. The average molecular weight is 253 g/mol. The van der Waals surface area contributed by atoms with Gasteiger partial charge in [-0.2, -0.15) is 0 Å². The van der Waals surface area contributed by atoms with Crippen LogP contribution in [-0.2, 0) is 0 Å². The highest BCUT2D eigenvalue weighted by molar-refractivity contribution is 14.1. The van der Waals surface area contributed by atoms with Crippen LogP contribution >= 0.6 is 34.2 Å². The molecule has 1 rings (SSSR count). The van der Waals surface area contributed by atoms with E-state index in [1.807, 2.05) is 22.6 Å². The number of nitrogens with one attached hydrogen (secondary N) is 1. The van der Waals surface area contributed by atoms with E-state index in [1.165, 1.54) is 0 Å². The number of hydrogen-bond acceptors (Lipinski definition) is 1. The van der Waals surface area contributed by atoms with Crippen molar-refractivity contribution in [2.45, 2.75) is 0 Å².